The Hall–Kier alpha value is -1.72. The molecule has 5 heteroatoms. The monoisotopic (exact) mass is 287 g/mol. The van der Waals surface area contributed by atoms with E-state index in [0.717, 1.165) is 13.1 Å². The number of nitrogens with zero attached hydrogens (tertiary/aromatic N) is 4. The minimum absolute atomic E-state index is 0.174. The van der Waals surface area contributed by atoms with Gasteiger partial charge in [0.2, 0.25) is 0 Å². The predicted molar refractivity (Wildman–Crippen MR) is 84.7 cm³/mol. The predicted octanol–water partition coefficient (Wildman–Crippen LogP) is 2.38. The van der Waals surface area contributed by atoms with Gasteiger partial charge in [0.1, 0.15) is 0 Å². The summed E-state index contributed by atoms with van der Waals surface area (Å²) < 4.78 is 2.20. The SMILES string of the molecule is CCN(Cc1ccncc1)C(CN)c1cncn1C(C)C. The van der Waals surface area contributed by atoms with E-state index in [9.17, 15) is 0 Å². The molecule has 1 atom stereocenters. The van der Waals surface area contributed by atoms with Gasteiger partial charge < -0.3 is 10.3 Å². The van der Waals surface area contributed by atoms with Crippen LogP contribution >= 0.6 is 0 Å². The molecular weight excluding hydrogens is 262 g/mol. The average molecular weight is 287 g/mol. The molecule has 0 aromatic carbocycles. The summed E-state index contributed by atoms with van der Waals surface area (Å²) in [6.45, 7) is 8.88. The van der Waals surface area contributed by atoms with Crippen LogP contribution in [-0.4, -0.2) is 32.5 Å². The molecule has 0 aliphatic heterocycles. The summed E-state index contributed by atoms with van der Waals surface area (Å²) in [6.07, 6.45) is 7.49. The van der Waals surface area contributed by atoms with Crippen molar-refractivity contribution < 1.29 is 0 Å². The molecule has 2 rings (SSSR count). The van der Waals surface area contributed by atoms with Crippen molar-refractivity contribution >= 4 is 0 Å². The number of nitrogens with two attached hydrogens (primary N) is 1. The van der Waals surface area contributed by atoms with Crippen LogP contribution in [0.15, 0.2) is 37.1 Å². The third kappa shape index (κ3) is 3.68. The van der Waals surface area contributed by atoms with Gasteiger partial charge >= 0.3 is 0 Å². The molecule has 2 aromatic rings. The Kier molecular flexibility index (Phi) is 5.47. The molecule has 1 unspecified atom stereocenters. The number of hydrogen-bond acceptors (Lipinski definition) is 4. The lowest BCUT2D eigenvalue weighted by atomic mass is 10.1. The normalized spacial score (nSPS) is 13.0. The van der Waals surface area contributed by atoms with Crippen molar-refractivity contribution in [1.82, 2.24) is 19.4 Å². The third-order valence-corrected chi connectivity index (χ3v) is 3.80. The van der Waals surface area contributed by atoms with Crippen LogP contribution in [0.1, 0.15) is 44.1 Å². The second-order valence-electron chi connectivity index (χ2n) is 5.49. The molecular formula is C16H25N5. The molecule has 2 aromatic heterocycles. The molecule has 0 saturated heterocycles. The molecule has 21 heavy (non-hydrogen) atoms. The molecule has 5 nitrogen and oxygen atoms in total. The summed E-state index contributed by atoms with van der Waals surface area (Å²) in [5, 5.41) is 0. The van der Waals surface area contributed by atoms with Gasteiger partial charge in [-0.15, -0.1) is 0 Å². The number of rotatable bonds is 7. The maximum atomic E-state index is 6.07. The van der Waals surface area contributed by atoms with Crippen molar-refractivity contribution in [2.45, 2.75) is 39.4 Å². The van der Waals surface area contributed by atoms with Crippen molar-refractivity contribution in [2.24, 2.45) is 5.73 Å². The van der Waals surface area contributed by atoms with Gasteiger partial charge in [-0.2, -0.15) is 0 Å². The Morgan fingerprint density at radius 2 is 1.95 bits per heavy atom. The topological polar surface area (TPSA) is 60.0 Å². The maximum absolute atomic E-state index is 6.07. The molecule has 0 radical (unpaired) electrons. The van der Waals surface area contributed by atoms with Crippen LogP contribution in [-0.2, 0) is 6.54 Å². The minimum atomic E-state index is 0.174. The lowest BCUT2D eigenvalue weighted by molar-refractivity contribution is 0.194. The van der Waals surface area contributed by atoms with Crippen molar-refractivity contribution in [3.05, 3.63) is 48.3 Å². The van der Waals surface area contributed by atoms with E-state index in [2.05, 4.69) is 52.3 Å². The molecule has 114 valence electrons. The van der Waals surface area contributed by atoms with Crippen LogP contribution in [0.3, 0.4) is 0 Å². The standard InChI is InChI=1S/C16H25N5/c1-4-20(11-14-5-7-18-8-6-14)15(9-17)16-10-19-12-21(16)13(2)3/h5-8,10,12-13,15H,4,9,11,17H2,1-3H3. The number of pyridine rings is 1. The van der Waals surface area contributed by atoms with E-state index in [1.54, 1.807) is 0 Å². The van der Waals surface area contributed by atoms with E-state index < -0.39 is 0 Å². The molecule has 0 aliphatic carbocycles. The number of likely N-dealkylation sites (N-methyl/N-ethyl adjacent to an activating group) is 1. The smallest absolute Gasteiger partial charge is 0.0951 e. The molecule has 0 amide bonds. The van der Waals surface area contributed by atoms with Crippen LogP contribution in [0, 0.1) is 0 Å². The molecule has 0 spiro atoms. The van der Waals surface area contributed by atoms with Crippen molar-refractivity contribution in [1.29, 1.82) is 0 Å². The van der Waals surface area contributed by atoms with Crippen LogP contribution in [0.4, 0.5) is 0 Å². The highest BCUT2D eigenvalue weighted by Gasteiger charge is 2.22. The zero-order valence-corrected chi connectivity index (χ0v) is 13.1. The fourth-order valence-corrected chi connectivity index (χ4v) is 2.63. The zero-order chi connectivity index (χ0) is 15.2. The Morgan fingerprint density at radius 3 is 2.52 bits per heavy atom. The summed E-state index contributed by atoms with van der Waals surface area (Å²) in [4.78, 5) is 10.8. The summed E-state index contributed by atoms with van der Waals surface area (Å²) in [6, 6.07) is 4.66. The summed E-state index contributed by atoms with van der Waals surface area (Å²) in [5.41, 5.74) is 8.50. The van der Waals surface area contributed by atoms with Gasteiger partial charge in [-0.05, 0) is 38.1 Å². The van der Waals surface area contributed by atoms with E-state index in [0.29, 0.717) is 12.6 Å². The summed E-state index contributed by atoms with van der Waals surface area (Å²) in [7, 11) is 0. The minimum Gasteiger partial charge on any atom is -0.331 e. The van der Waals surface area contributed by atoms with Crippen LogP contribution in [0.2, 0.25) is 0 Å². The molecule has 0 bridgehead atoms. The molecule has 2 heterocycles. The van der Waals surface area contributed by atoms with E-state index >= 15 is 0 Å². The molecule has 0 fully saturated rings. The van der Waals surface area contributed by atoms with Gasteiger partial charge in [0.05, 0.1) is 18.1 Å². The van der Waals surface area contributed by atoms with Crippen molar-refractivity contribution in [3.63, 3.8) is 0 Å². The lowest BCUT2D eigenvalue weighted by Crippen LogP contribution is -2.34. The lowest BCUT2D eigenvalue weighted by Gasteiger charge is -2.31. The highest BCUT2D eigenvalue weighted by atomic mass is 15.2. The molecule has 2 N–H and O–H groups in total. The van der Waals surface area contributed by atoms with Gasteiger partial charge in [-0.25, -0.2) is 4.98 Å². The highest BCUT2D eigenvalue weighted by molar-refractivity contribution is 5.12. The Labute approximate surface area is 126 Å². The number of hydrogen-bond donors (Lipinski definition) is 1. The first-order valence-corrected chi connectivity index (χ1v) is 7.52. The first-order chi connectivity index (χ1) is 10.2. The average Bonchev–Trinajstić information content (AvgIpc) is 2.97. The first-order valence-electron chi connectivity index (χ1n) is 7.52. The van der Waals surface area contributed by atoms with Crippen LogP contribution in [0.25, 0.3) is 0 Å². The van der Waals surface area contributed by atoms with Crippen molar-refractivity contribution in [2.75, 3.05) is 13.1 Å². The van der Waals surface area contributed by atoms with Gasteiger partial charge in [-0.3, -0.25) is 9.88 Å². The third-order valence-electron chi connectivity index (χ3n) is 3.80. The highest BCUT2D eigenvalue weighted by Crippen LogP contribution is 2.23. The Bertz CT molecular complexity index is 535. The van der Waals surface area contributed by atoms with Gasteiger partial charge in [0, 0.05) is 37.7 Å². The Balaban J connectivity index is 2.23. The fourth-order valence-electron chi connectivity index (χ4n) is 2.63. The van der Waals surface area contributed by atoms with E-state index in [1.165, 1.54) is 11.3 Å². The zero-order valence-electron chi connectivity index (χ0n) is 13.1. The quantitative estimate of drug-likeness (QED) is 0.849. The largest absolute Gasteiger partial charge is 0.331 e. The Morgan fingerprint density at radius 1 is 1.24 bits per heavy atom. The van der Waals surface area contributed by atoms with Crippen LogP contribution < -0.4 is 5.73 Å². The number of aromatic nitrogens is 3. The van der Waals surface area contributed by atoms with Gasteiger partial charge in [0.15, 0.2) is 0 Å². The van der Waals surface area contributed by atoms with Crippen molar-refractivity contribution in [3.8, 4) is 0 Å². The van der Waals surface area contributed by atoms with Crippen LogP contribution in [0.5, 0.6) is 0 Å². The second-order valence-corrected chi connectivity index (χ2v) is 5.49. The maximum Gasteiger partial charge on any atom is 0.0951 e. The summed E-state index contributed by atoms with van der Waals surface area (Å²) in [5.74, 6) is 0. The van der Waals surface area contributed by atoms with Gasteiger partial charge in [0.25, 0.3) is 0 Å². The van der Waals surface area contributed by atoms with E-state index in [-0.39, 0.29) is 6.04 Å². The first kappa shape index (κ1) is 15.7. The summed E-state index contributed by atoms with van der Waals surface area (Å²) >= 11 is 0. The fraction of sp³-hybridized carbons (Fsp3) is 0.500. The molecule has 0 saturated carbocycles. The second kappa shape index (κ2) is 7.33. The van der Waals surface area contributed by atoms with E-state index in [1.807, 2.05) is 24.9 Å². The number of imidazole rings is 1. The van der Waals surface area contributed by atoms with E-state index in [4.69, 9.17) is 5.73 Å². The van der Waals surface area contributed by atoms with Gasteiger partial charge in [-0.1, -0.05) is 6.92 Å². The molecule has 0 aliphatic rings.